The predicted molar refractivity (Wildman–Crippen MR) is 86.1 cm³/mol. The molecule has 2 rings (SSSR count). The minimum Gasteiger partial charge on any atom is -0.444 e. The van der Waals surface area contributed by atoms with Gasteiger partial charge in [-0.3, -0.25) is 0 Å². The highest BCUT2D eigenvalue weighted by molar-refractivity contribution is 5.68. The Morgan fingerprint density at radius 3 is 2.60 bits per heavy atom. The average molecular weight is 355 g/mol. The molecule has 1 aromatic carbocycles. The molecular weight excluding hydrogens is 335 g/mol. The molecule has 136 valence electrons. The fourth-order valence-corrected chi connectivity index (χ4v) is 2.65. The molecule has 0 bridgehead atoms. The number of halogens is 3. The van der Waals surface area contributed by atoms with Crippen LogP contribution < -0.4 is 10.2 Å². The number of nitrogens with zero attached hydrogens (tertiary/aromatic N) is 2. The van der Waals surface area contributed by atoms with Gasteiger partial charge in [0.05, 0.1) is 22.9 Å². The number of alkyl halides is 3. The van der Waals surface area contributed by atoms with E-state index in [1.165, 1.54) is 6.07 Å². The smallest absolute Gasteiger partial charge is 0.416 e. The van der Waals surface area contributed by atoms with E-state index in [2.05, 4.69) is 5.32 Å². The summed E-state index contributed by atoms with van der Waals surface area (Å²) in [5.74, 6) is 0. The van der Waals surface area contributed by atoms with E-state index in [4.69, 9.17) is 4.74 Å². The molecular formula is C17H20F3N3O2. The van der Waals surface area contributed by atoms with Crippen LogP contribution in [0.2, 0.25) is 0 Å². The molecule has 0 aliphatic carbocycles. The normalized spacial score (nSPS) is 18.0. The van der Waals surface area contributed by atoms with Crippen molar-refractivity contribution in [3.05, 3.63) is 29.3 Å². The largest absolute Gasteiger partial charge is 0.444 e. The van der Waals surface area contributed by atoms with Gasteiger partial charge < -0.3 is 15.0 Å². The number of anilines is 1. The van der Waals surface area contributed by atoms with Crippen molar-refractivity contribution in [2.24, 2.45) is 0 Å². The lowest BCUT2D eigenvalue weighted by atomic mass is 10.1. The molecule has 1 amide bonds. The van der Waals surface area contributed by atoms with Gasteiger partial charge >= 0.3 is 12.3 Å². The minimum atomic E-state index is -4.49. The number of benzene rings is 1. The second kappa shape index (κ2) is 6.82. The van der Waals surface area contributed by atoms with Crippen LogP contribution in [-0.4, -0.2) is 30.8 Å². The van der Waals surface area contributed by atoms with E-state index in [0.29, 0.717) is 25.2 Å². The van der Waals surface area contributed by atoms with Crippen molar-refractivity contribution >= 4 is 11.8 Å². The number of rotatable bonds is 2. The Balaban J connectivity index is 2.07. The van der Waals surface area contributed by atoms with Gasteiger partial charge in [-0.05, 0) is 45.4 Å². The zero-order valence-corrected chi connectivity index (χ0v) is 14.3. The second-order valence-corrected chi connectivity index (χ2v) is 6.92. The lowest BCUT2D eigenvalue weighted by Crippen LogP contribution is -2.40. The van der Waals surface area contributed by atoms with E-state index in [0.717, 1.165) is 12.1 Å². The first kappa shape index (κ1) is 18.9. The summed E-state index contributed by atoms with van der Waals surface area (Å²) in [6.45, 7) is 6.21. The Morgan fingerprint density at radius 2 is 2.04 bits per heavy atom. The van der Waals surface area contributed by atoms with E-state index in [1.807, 2.05) is 6.07 Å². The molecule has 8 heteroatoms. The van der Waals surface area contributed by atoms with Crippen molar-refractivity contribution in [2.75, 3.05) is 18.0 Å². The Labute approximate surface area is 144 Å². The molecule has 1 fully saturated rings. The summed E-state index contributed by atoms with van der Waals surface area (Å²) in [5, 5.41) is 11.9. The molecule has 1 aliphatic heterocycles. The monoisotopic (exact) mass is 355 g/mol. The maximum absolute atomic E-state index is 12.8. The first-order chi connectivity index (χ1) is 11.5. The maximum atomic E-state index is 12.8. The molecule has 0 saturated carbocycles. The number of ether oxygens (including phenoxy) is 1. The zero-order valence-electron chi connectivity index (χ0n) is 14.3. The summed E-state index contributed by atoms with van der Waals surface area (Å²) in [6.07, 6.45) is -4.41. The van der Waals surface area contributed by atoms with E-state index in [1.54, 1.807) is 25.7 Å². The van der Waals surface area contributed by atoms with Crippen LogP contribution in [0.25, 0.3) is 0 Å². The van der Waals surface area contributed by atoms with Crippen molar-refractivity contribution in [3.63, 3.8) is 0 Å². The lowest BCUT2D eigenvalue weighted by molar-refractivity contribution is -0.137. The number of nitrogens with one attached hydrogen (secondary N) is 1. The molecule has 0 radical (unpaired) electrons. The SMILES string of the molecule is CC(C)(C)OC(=O)NC1CCN(c2ccc(C(F)(F)F)cc2C#N)C1. The molecule has 1 aliphatic rings. The third-order valence-electron chi connectivity index (χ3n) is 3.69. The molecule has 1 saturated heterocycles. The van der Waals surface area contributed by atoms with Gasteiger partial charge in [0.1, 0.15) is 11.7 Å². The van der Waals surface area contributed by atoms with Gasteiger partial charge in [0.15, 0.2) is 0 Å². The molecule has 0 aromatic heterocycles. The summed E-state index contributed by atoms with van der Waals surface area (Å²) in [4.78, 5) is 13.6. The molecule has 1 N–H and O–H groups in total. The Morgan fingerprint density at radius 1 is 1.36 bits per heavy atom. The predicted octanol–water partition coefficient (Wildman–Crippen LogP) is 3.68. The fourth-order valence-electron chi connectivity index (χ4n) is 2.65. The second-order valence-electron chi connectivity index (χ2n) is 6.92. The highest BCUT2D eigenvalue weighted by Gasteiger charge is 2.32. The van der Waals surface area contributed by atoms with Crippen LogP contribution in [0.1, 0.15) is 38.3 Å². The lowest BCUT2D eigenvalue weighted by Gasteiger charge is -2.23. The summed E-state index contributed by atoms with van der Waals surface area (Å²) < 4.78 is 43.5. The van der Waals surface area contributed by atoms with Crippen LogP contribution in [0.3, 0.4) is 0 Å². The third kappa shape index (κ3) is 5.02. The van der Waals surface area contributed by atoms with Crippen LogP contribution in [0.15, 0.2) is 18.2 Å². The Kier molecular flexibility index (Phi) is 5.16. The highest BCUT2D eigenvalue weighted by Crippen LogP contribution is 2.33. The van der Waals surface area contributed by atoms with Crippen molar-refractivity contribution in [3.8, 4) is 6.07 Å². The number of nitriles is 1. The van der Waals surface area contributed by atoms with E-state index in [9.17, 15) is 23.2 Å². The molecule has 25 heavy (non-hydrogen) atoms. The van der Waals surface area contributed by atoms with Crippen molar-refractivity contribution in [1.29, 1.82) is 5.26 Å². The van der Waals surface area contributed by atoms with Crippen LogP contribution in [0.5, 0.6) is 0 Å². The van der Waals surface area contributed by atoms with Crippen molar-refractivity contribution in [2.45, 2.75) is 45.0 Å². The first-order valence-electron chi connectivity index (χ1n) is 7.85. The first-order valence-corrected chi connectivity index (χ1v) is 7.85. The Hall–Kier alpha value is -2.43. The average Bonchev–Trinajstić information content (AvgIpc) is 2.91. The molecule has 1 unspecified atom stereocenters. The third-order valence-corrected chi connectivity index (χ3v) is 3.69. The van der Waals surface area contributed by atoms with E-state index < -0.39 is 23.4 Å². The molecule has 0 spiro atoms. The number of carbonyl (C=O) groups excluding carboxylic acids is 1. The van der Waals surface area contributed by atoms with Gasteiger partial charge in [0.25, 0.3) is 0 Å². The van der Waals surface area contributed by atoms with Crippen LogP contribution >= 0.6 is 0 Å². The molecule has 5 nitrogen and oxygen atoms in total. The van der Waals surface area contributed by atoms with Crippen molar-refractivity contribution < 1.29 is 22.7 Å². The summed E-state index contributed by atoms with van der Waals surface area (Å²) >= 11 is 0. The van der Waals surface area contributed by atoms with Gasteiger partial charge in [0.2, 0.25) is 0 Å². The fraction of sp³-hybridized carbons (Fsp3) is 0.529. The van der Waals surface area contributed by atoms with E-state index in [-0.39, 0.29) is 11.6 Å². The van der Waals surface area contributed by atoms with Gasteiger partial charge in [0, 0.05) is 13.1 Å². The molecule has 1 heterocycles. The summed E-state index contributed by atoms with van der Waals surface area (Å²) in [7, 11) is 0. The minimum absolute atomic E-state index is 0.0345. The molecule has 1 atom stereocenters. The number of hydrogen-bond acceptors (Lipinski definition) is 4. The van der Waals surface area contributed by atoms with Crippen molar-refractivity contribution in [1.82, 2.24) is 5.32 Å². The van der Waals surface area contributed by atoms with Gasteiger partial charge in [-0.1, -0.05) is 0 Å². The van der Waals surface area contributed by atoms with E-state index >= 15 is 0 Å². The zero-order chi connectivity index (χ0) is 18.8. The summed E-state index contributed by atoms with van der Waals surface area (Å²) in [5.41, 5.74) is -1.06. The maximum Gasteiger partial charge on any atom is 0.416 e. The Bertz CT molecular complexity index is 690. The van der Waals surface area contributed by atoms with Gasteiger partial charge in [-0.15, -0.1) is 0 Å². The van der Waals surface area contributed by atoms with Crippen LogP contribution in [0, 0.1) is 11.3 Å². The highest BCUT2D eigenvalue weighted by atomic mass is 19.4. The van der Waals surface area contributed by atoms with Gasteiger partial charge in [-0.2, -0.15) is 18.4 Å². The number of carbonyl (C=O) groups is 1. The number of alkyl carbamates (subject to hydrolysis) is 1. The standard InChI is InChI=1S/C17H20F3N3O2/c1-16(2,3)25-15(24)22-13-6-7-23(10-13)14-5-4-12(17(18,19)20)8-11(14)9-21/h4-5,8,13H,6-7,10H2,1-3H3,(H,22,24). The number of amides is 1. The van der Waals surface area contributed by atoms with Crippen LogP contribution in [0.4, 0.5) is 23.7 Å². The van der Waals surface area contributed by atoms with Gasteiger partial charge in [-0.25, -0.2) is 4.79 Å². The molecule has 1 aromatic rings. The quantitative estimate of drug-likeness (QED) is 0.879. The topological polar surface area (TPSA) is 65.4 Å². The summed E-state index contributed by atoms with van der Waals surface area (Å²) in [6, 6.07) is 4.74. The van der Waals surface area contributed by atoms with Crippen LogP contribution in [-0.2, 0) is 10.9 Å². The number of hydrogen-bond donors (Lipinski definition) is 1.